The second-order valence-electron chi connectivity index (χ2n) is 11.3. The first-order valence-corrected chi connectivity index (χ1v) is 13.7. The van der Waals surface area contributed by atoms with E-state index in [2.05, 4.69) is 15.5 Å². The highest BCUT2D eigenvalue weighted by Crippen LogP contribution is 2.33. The number of benzene rings is 2. The molecule has 6 rings (SSSR count). The second kappa shape index (κ2) is 10.2. The quantitative estimate of drug-likeness (QED) is 0.427. The number of aliphatic hydroxyl groups is 1. The number of amides is 1. The van der Waals surface area contributed by atoms with Crippen molar-refractivity contribution < 1.29 is 14.3 Å². The Labute approximate surface area is 221 Å². The lowest BCUT2D eigenvalue weighted by molar-refractivity contribution is 0.0950. The third-order valence-electron chi connectivity index (χ3n) is 8.10. The molecule has 0 bridgehead atoms. The van der Waals surface area contributed by atoms with E-state index in [1.807, 2.05) is 29.0 Å². The molecule has 1 amide bonds. The number of hydrogen-bond acceptors (Lipinski definition) is 5. The number of nitrogens with one attached hydrogen (secondary N) is 2. The van der Waals surface area contributed by atoms with Crippen molar-refractivity contribution in [1.29, 1.82) is 0 Å². The van der Waals surface area contributed by atoms with Crippen molar-refractivity contribution >= 4 is 16.7 Å². The summed E-state index contributed by atoms with van der Waals surface area (Å²) in [4.78, 5) is 28.5. The van der Waals surface area contributed by atoms with Crippen LogP contribution >= 0.6 is 0 Å². The van der Waals surface area contributed by atoms with Crippen LogP contribution in [0.2, 0.25) is 0 Å². The van der Waals surface area contributed by atoms with Crippen molar-refractivity contribution in [3.05, 3.63) is 69.4 Å². The highest BCUT2D eigenvalue weighted by atomic mass is 19.1. The number of rotatable bonds is 8. The molecule has 7 nitrogen and oxygen atoms in total. The maximum Gasteiger partial charge on any atom is 0.258 e. The Morgan fingerprint density at radius 1 is 1.16 bits per heavy atom. The summed E-state index contributed by atoms with van der Waals surface area (Å²) in [6.07, 6.45) is 6.24. The van der Waals surface area contributed by atoms with Gasteiger partial charge in [-0.1, -0.05) is 6.07 Å². The molecular formula is C30H35FN4O3. The van der Waals surface area contributed by atoms with Crippen LogP contribution in [0.3, 0.4) is 0 Å². The third-order valence-corrected chi connectivity index (χ3v) is 8.10. The summed E-state index contributed by atoms with van der Waals surface area (Å²) in [5.41, 5.74) is 3.26. The van der Waals surface area contributed by atoms with Gasteiger partial charge < -0.3 is 20.3 Å². The van der Waals surface area contributed by atoms with Crippen LogP contribution in [0, 0.1) is 18.7 Å². The van der Waals surface area contributed by atoms with Crippen LogP contribution in [0.15, 0.2) is 41.3 Å². The molecule has 1 saturated heterocycles. The molecule has 2 aromatic carbocycles. The zero-order chi connectivity index (χ0) is 26.4. The Bertz CT molecular complexity index is 1440. The van der Waals surface area contributed by atoms with Crippen LogP contribution in [0.1, 0.15) is 47.2 Å². The molecule has 200 valence electrons. The summed E-state index contributed by atoms with van der Waals surface area (Å²) >= 11 is 0. The van der Waals surface area contributed by atoms with Crippen LogP contribution < -0.4 is 16.2 Å². The van der Waals surface area contributed by atoms with E-state index in [-0.39, 0.29) is 30.2 Å². The molecule has 3 aromatic rings. The van der Waals surface area contributed by atoms with Gasteiger partial charge in [0.15, 0.2) is 0 Å². The zero-order valence-corrected chi connectivity index (χ0v) is 21.8. The predicted molar refractivity (Wildman–Crippen MR) is 146 cm³/mol. The molecule has 0 radical (unpaired) electrons. The first-order chi connectivity index (χ1) is 18.4. The SMILES string of the molecule is Cc1c(F)cc(C(=O)NC2CC2)cc1-c1ccc2c(=O)n(CC3CC3)cc(CN3CCNC(CO)C3)c2c1. The number of fused-ring (bicyclic) bond motifs is 1. The number of piperazine rings is 1. The zero-order valence-electron chi connectivity index (χ0n) is 21.8. The van der Waals surface area contributed by atoms with Gasteiger partial charge >= 0.3 is 0 Å². The van der Waals surface area contributed by atoms with Gasteiger partial charge in [0.2, 0.25) is 0 Å². The smallest absolute Gasteiger partial charge is 0.258 e. The monoisotopic (exact) mass is 518 g/mol. The number of carbonyl (C=O) groups excluding carboxylic acids is 1. The van der Waals surface area contributed by atoms with E-state index in [0.29, 0.717) is 34.5 Å². The van der Waals surface area contributed by atoms with Crippen LogP contribution in [0.4, 0.5) is 4.39 Å². The van der Waals surface area contributed by atoms with Crippen molar-refractivity contribution in [2.24, 2.45) is 5.92 Å². The largest absolute Gasteiger partial charge is 0.395 e. The molecular weight excluding hydrogens is 483 g/mol. The summed E-state index contributed by atoms with van der Waals surface area (Å²) in [6, 6.07) is 8.97. The predicted octanol–water partition coefficient (Wildman–Crippen LogP) is 3.18. The number of hydrogen-bond donors (Lipinski definition) is 3. The molecule has 1 aliphatic heterocycles. The molecule has 0 spiro atoms. The minimum absolute atomic E-state index is 0.00351. The fraction of sp³-hybridized carbons (Fsp3) is 0.467. The molecule has 3 aliphatic rings. The van der Waals surface area contributed by atoms with Gasteiger partial charge in [-0.2, -0.15) is 0 Å². The average molecular weight is 519 g/mol. The van der Waals surface area contributed by atoms with Gasteiger partial charge in [-0.15, -0.1) is 0 Å². The van der Waals surface area contributed by atoms with E-state index in [1.165, 1.54) is 6.07 Å². The summed E-state index contributed by atoms with van der Waals surface area (Å²) in [5.74, 6) is -0.112. The number of aromatic nitrogens is 1. The van der Waals surface area contributed by atoms with Crippen molar-refractivity contribution in [2.75, 3.05) is 26.2 Å². The lowest BCUT2D eigenvalue weighted by Gasteiger charge is -2.33. The van der Waals surface area contributed by atoms with Crippen LogP contribution in [-0.2, 0) is 13.1 Å². The molecule has 2 saturated carbocycles. The lowest BCUT2D eigenvalue weighted by atomic mass is 9.94. The summed E-state index contributed by atoms with van der Waals surface area (Å²) < 4.78 is 16.8. The molecule has 1 atom stereocenters. The third kappa shape index (κ3) is 5.25. The van der Waals surface area contributed by atoms with Gasteiger partial charge in [-0.3, -0.25) is 14.5 Å². The highest BCUT2D eigenvalue weighted by Gasteiger charge is 2.26. The summed E-state index contributed by atoms with van der Waals surface area (Å²) in [7, 11) is 0. The van der Waals surface area contributed by atoms with Crippen molar-refractivity contribution in [3.63, 3.8) is 0 Å². The van der Waals surface area contributed by atoms with Crippen LogP contribution in [0.5, 0.6) is 0 Å². The minimum Gasteiger partial charge on any atom is -0.395 e. The normalized spacial score (nSPS) is 20.1. The molecule has 3 fully saturated rings. The van der Waals surface area contributed by atoms with E-state index in [9.17, 15) is 19.1 Å². The summed E-state index contributed by atoms with van der Waals surface area (Å²) in [5, 5.41) is 17.4. The molecule has 8 heteroatoms. The van der Waals surface area contributed by atoms with E-state index in [0.717, 1.165) is 68.4 Å². The molecule has 1 aromatic heterocycles. The fourth-order valence-corrected chi connectivity index (χ4v) is 5.48. The molecule has 1 unspecified atom stereocenters. The Balaban J connectivity index is 1.42. The first kappa shape index (κ1) is 25.2. The van der Waals surface area contributed by atoms with Gasteiger partial charge in [-0.05, 0) is 90.4 Å². The number of carbonyl (C=O) groups is 1. The van der Waals surface area contributed by atoms with Gasteiger partial charge in [0, 0.05) is 62.0 Å². The van der Waals surface area contributed by atoms with Gasteiger partial charge in [0.1, 0.15) is 5.82 Å². The summed E-state index contributed by atoms with van der Waals surface area (Å²) in [6.45, 7) is 5.56. The Hall–Kier alpha value is -3.07. The van der Waals surface area contributed by atoms with Gasteiger partial charge in [0.25, 0.3) is 11.5 Å². The lowest BCUT2D eigenvalue weighted by Crippen LogP contribution is -2.51. The number of pyridine rings is 1. The Morgan fingerprint density at radius 2 is 1.97 bits per heavy atom. The highest BCUT2D eigenvalue weighted by molar-refractivity contribution is 5.97. The fourth-order valence-electron chi connectivity index (χ4n) is 5.48. The first-order valence-electron chi connectivity index (χ1n) is 13.7. The Morgan fingerprint density at radius 3 is 2.71 bits per heavy atom. The van der Waals surface area contributed by atoms with Gasteiger partial charge in [0.05, 0.1) is 6.61 Å². The van der Waals surface area contributed by atoms with Crippen molar-refractivity contribution in [1.82, 2.24) is 20.1 Å². The topological polar surface area (TPSA) is 86.6 Å². The van der Waals surface area contributed by atoms with Gasteiger partial charge in [-0.25, -0.2) is 4.39 Å². The molecule has 3 N–H and O–H groups in total. The number of aliphatic hydroxyl groups excluding tert-OH is 1. The maximum absolute atomic E-state index is 15.0. The van der Waals surface area contributed by atoms with E-state index >= 15 is 0 Å². The van der Waals surface area contributed by atoms with Crippen molar-refractivity contribution in [3.8, 4) is 11.1 Å². The Kier molecular flexibility index (Phi) is 6.80. The standard InChI is InChI=1S/C30H35FN4O3/c1-18-26(11-21(12-28(18)31)29(37)33-23-5-6-23)20-4-7-25-27(10-20)22(14-34-9-8-32-24(16-34)17-36)15-35(30(25)38)13-19-2-3-19/h4,7,10-12,15,19,23-24,32,36H,2-3,5-6,8-9,13-14,16-17H2,1H3,(H,33,37). The molecule has 38 heavy (non-hydrogen) atoms. The van der Waals surface area contributed by atoms with E-state index in [4.69, 9.17) is 0 Å². The van der Waals surface area contributed by atoms with E-state index in [1.54, 1.807) is 13.0 Å². The van der Waals surface area contributed by atoms with Crippen LogP contribution in [-0.4, -0.2) is 58.8 Å². The van der Waals surface area contributed by atoms with Crippen LogP contribution in [0.25, 0.3) is 21.9 Å². The second-order valence-corrected chi connectivity index (χ2v) is 11.3. The molecule has 2 aliphatic carbocycles. The minimum atomic E-state index is -0.417. The maximum atomic E-state index is 15.0. The molecule has 2 heterocycles. The van der Waals surface area contributed by atoms with E-state index < -0.39 is 5.82 Å². The number of halogens is 1. The number of nitrogens with zero attached hydrogens (tertiary/aromatic N) is 2. The average Bonchev–Trinajstić information content (AvgIpc) is 3.85. The van der Waals surface area contributed by atoms with Crippen molar-refractivity contribution in [2.45, 2.75) is 57.8 Å².